The zero-order chi connectivity index (χ0) is 14.7. The van der Waals surface area contributed by atoms with Gasteiger partial charge in [-0.1, -0.05) is 16.8 Å². The van der Waals surface area contributed by atoms with Crippen molar-refractivity contribution in [3.8, 4) is 11.4 Å². The van der Waals surface area contributed by atoms with Crippen LogP contribution in [0, 0.1) is 6.92 Å². The lowest BCUT2D eigenvalue weighted by molar-refractivity contribution is 0.0519. The largest absolute Gasteiger partial charge is 0.494 e. The van der Waals surface area contributed by atoms with Crippen molar-refractivity contribution < 1.29 is 14.3 Å². The summed E-state index contributed by atoms with van der Waals surface area (Å²) in [6, 6.07) is 3.50. The number of halogens is 1. The highest BCUT2D eigenvalue weighted by Crippen LogP contribution is 2.29. The summed E-state index contributed by atoms with van der Waals surface area (Å²) in [5, 5.41) is 8.29. The van der Waals surface area contributed by atoms with Gasteiger partial charge in [0.1, 0.15) is 11.4 Å². The number of ether oxygens (including phenoxy) is 2. The topological polar surface area (TPSA) is 66.2 Å². The van der Waals surface area contributed by atoms with Crippen LogP contribution in [0.3, 0.4) is 0 Å². The summed E-state index contributed by atoms with van der Waals surface area (Å²) in [6.45, 7) is 3.89. The summed E-state index contributed by atoms with van der Waals surface area (Å²) in [4.78, 5) is 11.6. The molecule has 0 amide bonds. The van der Waals surface area contributed by atoms with E-state index in [0.717, 1.165) is 5.56 Å². The summed E-state index contributed by atoms with van der Waals surface area (Å²) in [6.07, 6.45) is 1.49. The maximum atomic E-state index is 11.6. The smallest absolute Gasteiger partial charge is 0.360 e. The van der Waals surface area contributed by atoms with Gasteiger partial charge in [-0.15, -0.1) is 5.10 Å². The minimum atomic E-state index is -0.511. The molecule has 20 heavy (non-hydrogen) atoms. The molecule has 0 saturated carbocycles. The summed E-state index contributed by atoms with van der Waals surface area (Å²) in [5.74, 6) is 0.0318. The molecule has 1 aromatic heterocycles. The number of hydrogen-bond acceptors (Lipinski definition) is 5. The van der Waals surface area contributed by atoms with Crippen molar-refractivity contribution >= 4 is 17.6 Å². The molecule has 0 aliphatic heterocycles. The van der Waals surface area contributed by atoms with E-state index in [0.29, 0.717) is 16.5 Å². The molecule has 0 bridgehead atoms. The average Bonchev–Trinajstić information content (AvgIpc) is 2.91. The minimum Gasteiger partial charge on any atom is -0.494 e. The van der Waals surface area contributed by atoms with E-state index in [9.17, 15) is 4.79 Å². The Hall–Kier alpha value is -2.08. The zero-order valence-electron chi connectivity index (χ0n) is 11.4. The fraction of sp³-hybridized carbons (Fsp3) is 0.308. The van der Waals surface area contributed by atoms with Crippen molar-refractivity contribution in [1.29, 1.82) is 0 Å². The first-order chi connectivity index (χ1) is 9.56. The molecule has 0 aliphatic rings. The SMILES string of the molecule is CCOC(=O)c1cn(-c2cc(C)c(Cl)cc2OC)nn1. The average molecular weight is 296 g/mol. The van der Waals surface area contributed by atoms with Gasteiger partial charge in [0.2, 0.25) is 0 Å². The fourth-order valence-corrected chi connectivity index (χ4v) is 1.82. The predicted molar refractivity (Wildman–Crippen MR) is 73.6 cm³/mol. The Labute approximate surface area is 121 Å². The lowest BCUT2D eigenvalue weighted by atomic mass is 10.2. The molecule has 0 atom stereocenters. The van der Waals surface area contributed by atoms with Gasteiger partial charge in [0.05, 0.1) is 19.9 Å². The molecule has 2 rings (SSSR count). The van der Waals surface area contributed by atoms with Crippen molar-refractivity contribution in [2.75, 3.05) is 13.7 Å². The molecule has 0 radical (unpaired) electrons. The molecule has 0 aliphatic carbocycles. The molecule has 0 saturated heterocycles. The summed E-state index contributed by atoms with van der Waals surface area (Å²) < 4.78 is 11.6. The first-order valence-corrected chi connectivity index (χ1v) is 6.38. The Morgan fingerprint density at radius 2 is 2.20 bits per heavy atom. The quantitative estimate of drug-likeness (QED) is 0.810. The lowest BCUT2D eigenvalue weighted by Crippen LogP contribution is -2.04. The maximum Gasteiger partial charge on any atom is 0.360 e. The monoisotopic (exact) mass is 295 g/mol. The van der Waals surface area contributed by atoms with Crippen LogP contribution < -0.4 is 4.74 Å². The summed E-state index contributed by atoms with van der Waals surface area (Å²) in [5.41, 5.74) is 1.66. The summed E-state index contributed by atoms with van der Waals surface area (Å²) >= 11 is 6.05. The number of aromatic nitrogens is 3. The van der Waals surface area contributed by atoms with E-state index in [2.05, 4.69) is 10.3 Å². The van der Waals surface area contributed by atoms with Crippen LogP contribution in [0.2, 0.25) is 5.02 Å². The van der Waals surface area contributed by atoms with Crippen LogP contribution in [-0.2, 0) is 4.74 Å². The van der Waals surface area contributed by atoms with E-state index in [1.807, 2.05) is 13.0 Å². The first kappa shape index (κ1) is 14.3. The van der Waals surface area contributed by atoms with Gasteiger partial charge in [0.15, 0.2) is 5.69 Å². The Morgan fingerprint density at radius 1 is 1.45 bits per heavy atom. The number of rotatable bonds is 4. The van der Waals surface area contributed by atoms with E-state index >= 15 is 0 Å². The molecule has 106 valence electrons. The maximum absolute atomic E-state index is 11.6. The Morgan fingerprint density at radius 3 is 2.85 bits per heavy atom. The van der Waals surface area contributed by atoms with E-state index < -0.39 is 5.97 Å². The van der Waals surface area contributed by atoms with Crippen molar-refractivity contribution in [2.45, 2.75) is 13.8 Å². The van der Waals surface area contributed by atoms with Crippen molar-refractivity contribution in [1.82, 2.24) is 15.0 Å². The summed E-state index contributed by atoms with van der Waals surface area (Å²) in [7, 11) is 1.54. The van der Waals surface area contributed by atoms with Gasteiger partial charge in [0, 0.05) is 11.1 Å². The Bertz CT molecular complexity index is 640. The third kappa shape index (κ3) is 2.75. The molecule has 2 aromatic rings. The van der Waals surface area contributed by atoms with Gasteiger partial charge in [-0.05, 0) is 25.5 Å². The molecule has 0 unspecified atom stereocenters. The van der Waals surface area contributed by atoms with Gasteiger partial charge >= 0.3 is 5.97 Å². The van der Waals surface area contributed by atoms with Gasteiger partial charge < -0.3 is 9.47 Å². The van der Waals surface area contributed by atoms with Gasteiger partial charge in [-0.2, -0.15) is 0 Å². The van der Waals surface area contributed by atoms with Gasteiger partial charge in [-0.3, -0.25) is 0 Å². The van der Waals surface area contributed by atoms with E-state index in [4.69, 9.17) is 21.1 Å². The second-order valence-corrected chi connectivity index (χ2v) is 4.45. The number of hydrogen-bond donors (Lipinski definition) is 0. The first-order valence-electron chi connectivity index (χ1n) is 6.00. The highest BCUT2D eigenvalue weighted by molar-refractivity contribution is 6.31. The van der Waals surface area contributed by atoms with E-state index in [-0.39, 0.29) is 12.3 Å². The molecule has 0 N–H and O–H groups in total. The number of esters is 1. The van der Waals surface area contributed by atoms with Crippen LogP contribution in [0.25, 0.3) is 5.69 Å². The third-order valence-corrected chi connectivity index (χ3v) is 3.09. The van der Waals surface area contributed by atoms with Crippen LogP contribution in [0.5, 0.6) is 5.75 Å². The molecule has 0 spiro atoms. The van der Waals surface area contributed by atoms with E-state index in [1.54, 1.807) is 13.0 Å². The van der Waals surface area contributed by atoms with Crippen LogP contribution in [0.1, 0.15) is 23.0 Å². The second kappa shape index (κ2) is 5.92. The lowest BCUT2D eigenvalue weighted by Gasteiger charge is -2.10. The fourth-order valence-electron chi connectivity index (χ4n) is 1.67. The predicted octanol–water partition coefficient (Wildman–Crippen LogP) is 2.41. The number of nitrogens with zero attached hydrogens (tertiary/aromatic N) is 3. The molecule has 1 heterocycles. The number of carbonyl (C=O) groups excluding carboxylic acids is 1. The van der Waals surface area contributed by atoms with Crippen molar-refractivity contribution in [2.24, 2.45) is 0 Å². The van der Waals surface area contributed by atoms with E-state index in [1.165, 1.54) is 18.0 Å². The molecular formula is C13H14ClN3O3. The third-order valence-electron chi connectivity index (χ3n) is 2.68. The van der Waals surface area contributed by atoms with Crippen LogP contribution in [-0.4, -0.2) is 34.7 Å². The minimum absolute atomic E-state index is 0.140. The highest BCUT2D eigenvalue weighted by Gasteiger charge is 2.15. The Balaban J connectivity index is 2.42. The van der Waals surface area contributed by atoms with Gasteiger partial charge in [0.25, 0.3) is 0 Å². The highest BCUT2D eigenvalue weighted by atomic mass is 35.5. The molecular weight excluding hydrogens is 282 g/mol. The number of benzene rings is 1. The molecule has 7 heteroatoms. The van der Waals surface area contributed by atoms with Crippen LogP contribution in [0.15, 0.2) is 18.3 Å². The normalized spacial score (nSPS) is 10.4. The standard InChI is InChI=1S/C13H14ClN3O3/c1-4-20-13(18)10-7-17(16-15-10)11-5-8(2)9(14)6-12(11)19-3/h5-7H,4H2,1-3H3. The Kier molecular flexibility index (Phi) is 4.24. The van der Waals surface area contributed by atoms with Crippen molar-refractivity contribution in [3.05, 3.63) is 34.6 Å². The van der Waals surface area contributed by atoms with Crippen molar-refractivity contribution in [3.63, 3.8) is 0 Å². The second-order valence-electron chi connectivity index (χ2n) is 4.04. The van der Waals surface area contributed by atoms with Crippen LogP contribution in [0.4, 0.5) is 0 Å². The molecule has 0 fully saturated rings. The molecule has 1 aromatic carbocycles. The number of methoxy groups -OCH3 is 1. The number of aryl methyl sites for hydroxylation is 1. The zero-order valence-corrected chi connectivity index (χ0v) is 12.1. The molecule has 6 nitrogen and oxygen atoms in total. The number of carbonyl (C=O) groups is 1. The van der Waals surface area contributed by atoms with Crippen LogP contribution >= 0.6 is 11.6 Å². The van der Waals surface area contributed by atoms with Gasteiger partial charge in [-0.25, -0.2) is 9.48 Å².